The lowest BCUT2D eigenvalue weighted by molar-refractivity contribution is -0.116. The Kier molecular flexibility index (Phi) is 5.04. The smallest absolute Gasteiger partial charge is 0.227 e. The lowest BCUT2D eigenvalue weighted by Gasteiger charge is -2.13. The number of hydrogen-bond acceptors (Lipinski definition) is 3. The van der Waals surface area contributed by atoms with Gasteiger partial charge in [-0.15, -0.1) is 0 Å². The Bertz CT molecular complexity index is 661. The summed E-state index contributed by atoms with van der Waals surface area (Å²) in [7, 11) is 0. The molecule has 0 heterocycles. The molecule has 22 heavy (non-hydrogen) atoms. The summed E-state index contributed by atoms with van der Waals surface area (Å²) in [6, 6.07) is 11.5. The fraction of sp³-hybridized carbons (Fsp3) is 0.278. The molecule has 2 aromatic rings. The van der Waals surface area contributed by atoms with E-state index in [1.165, 1.54) is 0 Å². The predicted molar refractivity (Wildman–Crippen MR) is 90.2 cm³/mol. The van der Waals surface area contributed by atoms with Gasteiger partial charge in [0.15, 0.2) is 0 Å². The van der Waals surface area contributed by atoms with Gasteiger partial charge in [-0.3, -0.25) is 4.79 Å². The minimum Gasteiger partial charge on any atom is -0.493 e. The number of hydrogen-bond donors (Lipinski definition) is 2. The van der Waals surface area contributed by atoms with Crippen LogP contribution in [0.3, 0.4) is 0 Å². The molecule has 0 fully saturated rings. The summed E-state index contributed by atoms with van der Waals surface area (Å²) in [5.74, 6) is 0.773. The molecule has 116 valence electrons. The summed E-state index contributed by atoms with van der Waals surface area (Å²) in [6.45, 7) is 6.23. The van der Waals surface area contributed by atoms with Crippen molar-refractivity contribution in [3.63, 3.8) is 0 Å². The Morgan fingerprint density at radius 2 is 1.73 bits per heavy atom. The zero-order valence-electron chi connectivity index (χ0n) is 13.3. The Morgan fingerprint density at radius 3 is 2.41 bits per heavy atom. The minimum atomic E-state index is -0.0834. The first kappa shape index (κ1) is 15.9. The van der Waals surface area contributed by atoms with Crippen LogP contribution >= 0.6 is 0 Å². The molecule has 0 atom stereocenters. The van der Waals surface area contributed by atoms with E-state index in [4.69, 9.17) is 10.5 Å². The number of nitrogens with two attached hydrogens (primary N) is 1. The van der Waals surface area contributed by atoms with Crippen molar-refractivity contribution in [1.29, 1.82) is 0 Å². The zero-order valence-corrected chi connectivity index (χ0v) is 13.3. The van der Waals surface area contributed by atoms with Gasteiger partial charge in [-0.2, -0.15) is 0 Å². The van der Waals surface area contributed by atoms with Crippen LogP contribution in [0.4, 0.5) is 11.4 Å². The van der Waals surface area contributed by atoms with Crippen LogP contribution in [0, 0.1) is 20.8 Å². The van der Waals surface area contributed by atoms with Crippen molar-refractivity contribution in [3.05, 3.63) is 53.1 Å². The Balaban J connectivity index is 1.90. The van der Waals surface area contributed by atoms with Gasteiger partial charge in [-0.25, -0.2) is 0 Å². The SMILES string of the molecule is Cc1cccc(C)c1OCCC(=O)Nc1cccc(N)c1C. The van der Waals surface area contributed by atoms with Gasteiger partial charge in [-0.05, 0) is 49.6 Å². The molecule has 0 unspecified atom stereocenters. The summed E-state index contributed by atoms with van der Waals surface area (Å²) in [5, 5.41) is 2.87. The largest absolute Gasteiger partial charge is 0.493 e. The minimum absolute atomic E-state index is 0.0834. The number of ether oxygens (including phenoxy) is 1. The average Bonchev–Trinajstić information content (AvgIpc) is 2.47. The monoisotopic (exact) mass is 298 g/mol. The summed E-state index contributed by atoms with van der Waals surface area (Å²) in [5.41, 5.74) is 10.3. The van der Waals surface area contributed by atoms with Crippen molar-refractivity contribution >= 4 is 17.3 Å². The maximum absolute atomic E-state index is 12.0. The summed E-state index contributed by atoms with van der Waals surface area (Å²) < 4.78 is 5.74. The molecular formula is C18H22N2O2. The second kappa shape index (κ2) is 6.98. The van der Waals surface area contributed by atoms with Gasteiger partial charge in [0.2, 0.25) is 5.91 Å². The average molecular weight is 298 g/mol. The number of aryl methyl sites for hydroxylation is 2. The van der Waals surface area contributed by atoms with Crippen molar-refractivity contribution < 1.29 is 9.53 Å². The number of carbonyl (C=O) groups is 1. The van der Waals surface area contributed by atoms with E-state index in [-0.39, 0.29) is 5.91 Å². The molecule has 1 amide bonds. The fourth-order valence-electron chi connectivity index (χ4n) is 2.27. The van der Waals surface area contributed by atoms with E-state index in [9.17, 15) is 4.79 Å². The number of nitrogens with one attached hydrogen (secondary N) is 1. The number of amides is 1. The molecule has 4 heteroatoms. The van der Waals surface area contributed by atoms with Crippen LogP contribution in [0.5, 0.6) is 5.75 Å². The fourth-order valence-corrected chi connectivity index (χ4v) is 2.27. The van der Waals surface area contributed by atoms with E-state index in [1.807, 2.05) is 57.2 Å². The van der Waals surface area contributed by atoms with Crippen LogP contribution in [0.1, 0.15) is 23.1 Å². The molecule has 0 saturated carbocycles. The third-order valence-corrected chi connectivity index (χ3v) is 3.63. The van der Waals surface area contributed by atoms with E-state index < -0.39 is 0 Å². The second-order valence-corrected chi connectivity index (χ2v) is 5.39. The van der Waals surface area contributed by atoms with Crippen LogP contribution in [-0.2, 0) is 4.79 Å². The molecule has 0 aliphatic carbocycles. The van der Waals surface area contributed by atoms with Crippen LogP contribution in [-0.4, -0.2) is 12.5 Å². The van der Waals surface area contributed by atoms with Gasteiger partial charge in [0, 0.05) is 11.4 Å². The molecular weight excluding hydrogens is 276 g/mol. The molecule has 0 aliphatic rings. The van der Waals surface area contributed by atoms with Crippen LogP contribution in [0.25, 0.3) is 0 Å². The Hall–Kier alpha value is -2.49. The highest BCUT2D eigenvalue weighted by Crippen LogP contribution is 2.23. The molecule has 3 N–H and O–H groups in total. The number of carbonyl (C=O) groups excluding carboxylic acids is 1. The number of benzene rings is 2. The second-order valence-electron chi connectivity index (χ2n) is 5.39. The maximum atomic E-state index is 12.0. The normalized spacial score (nSPS) is 10.3. The first-order valence-corrected chi connectivity index (χ1v) is 7.33. The topological polar surface area (TPSA) is 64.3 Å². The molecule has 0 spiro atoms. The highest BCUT2D eigenvalue weighted by atomic mass is 16.5. The van der Waals surface area contributed by atoms with Crippen molar-refractivity contribution in [2.75, 3.05) is 17.7 Å². The number of rotatable bonds is 5. The first-order chi connectivity index (χ1) is 10.5. The Morgan fingerprint density at radius 1 is 1.09 bits per heavy atom. The lowest BCUT2D eigenvalue weighted by atomic mass is 10.1. The molecule has 0 bridgehead atoms. The highest BCUT2D eigenvalue weighted by Gasteiger charge is 2.08. The van der Waals surface area contributed by atoms with Crippen molar-refractivity contribution in [2.24, 2.45) is 0 Å². The van der Waals surface area contributed by atoms with Gasteiger partial charge in [0.25, 0.3) is 0 Å². The van der Waals surface area contributed by atoms with E-state index in [0.29, 0.717) is 18.7 Å². The van der Waals surface area contributed by atoms with E-state index in [2.05, 4.69) is 5.32 Å². The molecule has 4 nitrogen and oxygen atoms in total. The van der Waals surface area contributed by atoms with Crippen molar-refractivity contribution in [1.82, 2.24) is 0 Å². The molecule has 0 radical (unpaired) electrons. The zero-order chi connectivity index (χ0) is 16.1. The molecule has 0 aliphatic heterocycles. The van der Waals surface area contributed by atoms with Crippen molar-refractivity contribution in [3.8, 4) is 5.75 Å². The van der Waals surface area contributed by atoms with Gasteiger partial charge < -0.3 is 15.8 Å². The molecule has 2 aromatic carbocycles. The number of nitrogen functional groups attached to an aromatic ring is 1. The van der Waals surface area contributed by atoms with Gasteiger partial charge >= 0.3 is 0 Å². The standard InChI is InChI=1S/C18H22N2O2/c1-12-6-4-7-13(2)18(12)22-11-10-17(21)20-16-9-5-8-15(19)14(16)3/h4-9H,10-11,19H2,1-3H3,(H,20,21). The van der Waals surface area contributed by atoms with Gasteiger partial charge in [0.1, 0.15) is 5.75 Å². The Labute approximate surface area is 131 Å². The molecule has 2 rings (SSSR count). The summed E-state index contributed by atoms with van der Waals surface area (Å²) in [6.07, 6.45) is 0.294. The quantitative estimate of drug-likeness (QED) is 0.829. The predicted octanol–water partition coefficient (Wildman–Crippen LogP) is 3.60. The van der Waals surface area contributed by atoms with Crippen molar-refractivity contribution in [2.45, 2.75) is 27.2 Å². The van der Waals surface area contributed by atoms with Crippen LogP contribution in [0.2, 0.25) is 0 Å². The number of anilines is 2. The third kappa shape index (κ3) is 3.79. The number of para-hydroxylation sites is 1. The van der Waals surface area contributed by atoms with E-state index in [1.54, 1.807) is 0 Å². The van der Waals surface area contributed by atoms with Gasteiger partial charge in [0.05, 0.1) is 13.0 Å². The summed E-state index contributed by atoms with van der Waals surface area (Å²) in [4.78, 5) is 12.0. The maximum Gasteiger partial charge on any atom is 0.227 e. The van der Waals surface area contributed by atoms with E-state index >= 15 is 0 Å². The highest BCUT2D eigenvalue weighted by molar-refractivity contribution is 5.92. The van der Waals surface area contributed by atoms with E-state index in [0.717, 1.165) is 28.1 Å². The molecule has 0 aromatic heterocycles. The lowest BCUT2D eigenvalue weighted by Crippen LogP contribution is -2.16. The summed E-state index contributed by atoms with van der Waals surface area (Å²) >= 11 is 0. The van der Waals surface area contributed by atoms with Crippen LogP contribution < -0.4 is 15.8 Å². The molecule has 0 saturated heterocycles. The van der Waals surface area contributed by atoms with Crippen LogP contribution in [0.15, 0.2) is 36.4 Å². The third-order valence-electron chi connectivity index (χ3n) is 3.63. The first-order valence-electron chi connectivity index (χ1n) is 7.33. The van der Waals surface area contributed by atoms with Gasteiger partial charge in [-0.1, -0.05) is 24.3 Å².